The number of carbonyl (C=O) groups excluding carboxylic acids is 1. The van der Waals surface area contributed by atoms with Crippen LogP contribution in [0.5, 0.6) is 0 Å². The smallest absolute Gasteiger partial charge is 0.229 e. The molecular weight excluding hydrogens is 138 g/mol. The number of allylic oxidation sites excluding steroid dienone is 1. The molecule has 2 heteroatoms. The van der Waals surface area contributed by atoms with Crippen molar-refractivity contribution in [1.29, 1.82) is 0 Å². The zero-order valence-corrected chi connectivity index (χ0v) is 6.98. The number of hydrogen-bond donors (Lipinski definition) is 1. The number of fused-ring (bicyclic) bond motifs is 1. The van der Waals surface area contributed by atoms with Crippen molar-refractivity contribution in [3.63, 3.8) is 0 Å². The standard InChI is InChI=1S/C9H13NO/c1-8-5-3-4-6-9(8,2)10-7(8)11/h3-4H,5-6H2,1-2H3,(H,10,11)/t8-,9-/m1/s1. The van der Waals surface area contributed by atoms with Crippen molar-refractivity contribution in [2.45, 2.75) is 32.2 Å². The van der Waals surface area contributed by atoms with Crippen LogP contribution >= 0.6 is 0 Å². The zero-order valence-electron chi connectivity index (χ0n) is 6.98. The van der Waals surface area contributed by atoms with Crippen LogP contribution in [0.2, 0.25) is 0 Å². The van der Waals surface area contributed by atoms with Gasteiger partial charge in [-0.1, -0.05) is 12.2 Å². The lowest BCUT2D eigenvalue weighted by Gasteiger charge is -2.56. The van der Waals surface area contributed by atoms with E-state index in [0.717, 1.165) is 12.8 Å². The van der Waals surface area contributed by atoms with Crippen LogP contribution in [0.15, 0.2) is 12.2 Å². The highest BCUT2D eigenvalue weighted by atomic mass is 16.2. The van der Waals surface area contributed by atoms with E-state index in [-0.39, 0.29) is 16.9 Å². The molecule has 0 aromatic rings. The van der Waals surface area contributed by atoms with Gasteiger partial charge < -0.3 is 5.32 Å². The van der Waals surface area contributed by atoms with E-state index in [1.54, 1.807) is 0 Å². The molecule has 1 heterocycles. The highest BCUT2D eigenvalue weighted by Gasteiger charge is 2.59. The molecule has 0 spiro atoms. The first kappa shape index (κ1) is 6.89. The van der Waals surface area contributed by atoms with Gasteiger partial charge in [-0.3, -0.25) is 4.79 Å². The van der Waals surface area contributed by atoms with E-state index in [1.165, 1.54) is 0 Å². The Hall–Kier alpha value is -0.790. The average molecular weight is 151 g/mol. The Morgan fingerprint density at radius 1 is 1.36 bits per heavy atom. The molecule has 0 aromatic heterocycles. The summed E-state index contributed by atoms with van der Waals surface area (Å²) in [4.78, 5) is 11.2. The highest BCUT2D eigenvalue weighted by Crippen LogP contribution is 2.47. The molecule has 2 rings (SSSR count). The Morgan fingerprint density at radius 3 is 2.45 bits per heavy atom. The number of rotatable bonds is 0. The largest absolute Gasteiger partial charge is 0.349 e. The van der Waals surface area contributed by atoms with Crippen molar-refractivity contribution < 1.29 is 4.79 Å². The van der Waals surface area contributed by atoms with Gasteiger partial charge in [0, 0.05) is 0 Å². The third-order valence-corrected chi connectivity index (χ3v) is 3.33. The summed E-state index contributed by atoms with van der Waals surface area (Å²) in [6.45, 7) is 4.17. The maximum absolute atomic E-state index is 11.2. The molecule has 1 aliphatic carbocycles. The molecule has 1 saturated heterocycles. The van der Waals surface area contributed by atoms with Gasteiger partial charge in [-0.15, -0.1) is 0 Å². The van der Waals surface area contributed by atoms with Crippen LogP contribution in [0.1, 0.15) is 26.7 Å². The molecule has 0 unspecified atom stereocenters. The first-order valence-electron chi connectivity index (χ1n) is 4.06. The van der Waals surface area contributed by atoms with Crippen molar-refractivity contribution in [3.8, 4) is 0 Å². The molecule has 1 amide bonds. The van der Waals surface area contributed by atoms with Crippen molar-refractivity contribution in [1.82, 2.24) is 5.32 Å². The van der Waals surface area contributed by atoms with Crippen LogP contribution < -0.4 is 5.32 Å². The van der Waals surface area contributed by atoms with Gasteiger partial charge in [0.1, 0.15) is 0 Å². The molecule has 0 saturated carbocycles. The third kappa shape index (κ3) is 0.602. The van der Waals surface area contributed by atoms with Gasteiger partial charge in [0.05, 0.1) is 11.0 Å². The predicted octanol–water partition coefficient (Wildman–Crippen LogP) is 1.23. The second-order valence-electron chi connectivity index (χ2n) is 4.00. The van der Waals surface area contributed by atoms with Gasteiger partial charge in [-0.05, 0) is 26.7 Å². The Balaban J connectivity index is 2.37. The second-order valence-corrected chi connectivity index (χ2v) is 4.00. The summed E-state index contributed by atoms with van der Waals surface area (Å²) in [6, 6.07) is 0. The number of nitrogens with one attached hydrogen (secondary N) is 1. The first-order chi connectivity index (χ1) is 5.08. The average Bonchev–Trinajstić information content (AvgIpc) is 1.96. The van der Waals surface area contributed by atoms with Crippen LogP contribution in [0.4, 0.5) is 0 Å². The predicted molar refractivity (Wildman–Crippen MR) is 43.0 cm³/mol. The second kappa shape index (κ2) is 1.68. The monoisotopic (exact) mass is 151 g/mol. The minimum absolute atomic E-state index is 0.0405. The minimum Gasteiger partial charge on any atom is -0.349 e. The molecule has 11 heavy (non-hydrogen) atoms. The van der Waals surface area contributed by atoms with Gasteiger partial charge in [0.2, 0.25) is 5.91 Å². The molecule has 0 bridgehead atoms. The molecule has 1 fully saturated rings. The Bertz CT molecular complexity index is 246. The summed E-state index contributed by atoms with van der Waals surface area (Å²) in [5.74, 6) is 0.212. The number of amides is 1. The zero-order chi connectivity index (χ0) is 8.11. The normalized spacial score (nSPS) is 47.6. The van der Waals surface area contributed by atoms with Gasteiger partial charge in [-0.25, -0.2) is 0 Å². The van der Waals surface area contributed by atoms with E-state index in [2.05, 4.69) is 31.3 Å². The van der Waals surface area contributed by atoms with Gasteiger partial charge in [0.25, 0.3) is 0 Å². The summed E-state index contributed by atoms with van der Waals surface area (Å²) in [5.41, 5.74) is -0.0828. The lowest BCUT2D eigenvalue weighted by Crippen LogP contribution is -2.74. The minimum atomic E-state index is -0.123. The number of hydrogen-bond acceptors (Lipinski definition) is 1. The van der Waals surface area contributed by atoms with E-state index in [1.807, 2.05) is 0 Å². The van der Waals surface area contributed by atoms with Crippen molar-refractivity contribution in [2.24, 2.45) is 5.41 Å². The van der Waals surface area contributed by atoms with Crippen LogP contribution in [0.3, 0.4) is 0 Å². The van der Waals surface area contributed by atoms with Crippen molar-refractivity contribution in [2.75, 3.05) is 0 Å². The van der Waals surface area contributed by atoms with E-state index in [9.17, 15) is 4.79 Å². The molecular formula is C9H13NO. The first-order valence-corrected chi connectivity index (χ1v) is 4.06. The van der Waals surface area contributed by atoms with E-state index < -0.39 is 0 Å². The fraction of sp³-hybridized carbons (Fsp3) is 0.667. The van der Waals surface area contributed by atoms with E-state index in [0.29, 0.717) is 0 Å². The molecule has 1 N–H and O–H groups in total. The van der Waals surface area contributed by atoms with Gasteiger partial charge in [-0.2, -0.15) is 0 Å². The summed E-state index contributed by atoms with van der Waals surface area (Å²) in [5, 5.41) is 2.97. The fourth-order valence-electron chi connectivity index (χ4n) is 1.95. The molecule has 2 nitrogen and oxygen atoms in total. The molecule has 1 aliphatic heterocycles. The molecule has 60 valence electrons. The van der Waals surface area contributed by atoms with Crippen molar-refractivity contribution in [3.05, 3.63) is 12.2 Å². The lowest BCUT2D eigenvalue weighted by molar-refractivity contribution is -0.153. The molecule has 2 aliphatic rings. The number of carbonyl (C=O) groups is 1. The summed E-state index contributed by atoms with van der Waals surface area (Å²) in [7, 11) is 0. The van der Waals surface area contributed by atoms with Crippen LogP contribution in [-0.4, -0.2) is 11.4 Å². The fourth-order valence-corrected chi connectivity index (χ4v) is 1.95. The summed E-state index contributed by atoms with van der Waals surface area (Å²) >= 11 is 0. The van der Waals surface area contributed by atoms with Crippen LogP contribution in [0, 0.1) is 5.41 Å². The molecule has 0 aromatic carbocycles. The van der Waals surface area contributed by atoms with E-state index >= 15 is 0 Å². The molecule has 2 atom stereocenters. The van der Waals surface area contributed by atoms with Gasteiger partial charge >= 0.3 is 0 Å². The van der Waals surface area contributed by atoms with Crippen LogP contribution in [-0.2, 0) is 4.79 Å². The lowest BCUT2D eigenvalue weighted by atomic mass is 9.59. The van der Waals surface area contributed by atoms with Crippen molar-refractivity contribution >= 4 is 5.91 Å². The quantitative estimate of drug-likeness (QED) is 0.409. The SMILES string of the molecule is C[C@@]12CC=CC[C@]1(C)C(=O)N2. The summed E-state index contributed by atoms with van der Waals surface area (Å²) in [6.07, 6.45) is 6.15. The molecule has 0 radical (unpaired) electrons. The maximum Gasteiger partial charge on any atom is 0.229 e. The van der Waals surface area contributed by atoms with E-state index in [4.69, 9.17) is 0 Å². The summed E-state index contributed by atoms with van der Waals surface area (Å²) < 4.78 is 0. The van der Waals surface area contributed by atoms with Crippen LogP contribution in [0.25, 0.3) is 0 Å². The topological polar surface area (TPSA) is 29.1 Å². The third-order valence-electron chi connectivity index (χ3n) is 3.33. The Kier molecular flexibility index (Phi) is 1.05. The Morgan fingerprint density at radius 2 is 2.00 bits per heavy atom. The maximum atomic E-state index is 11.2. The highest BCUT2D eigenvalue weighted by molar-refractivity contribution is 5.92. The van der Waals surface area contributed by atoms with Gasteiger partial charge in [0.15, 0.2) is 0 Å². The number of β-lactam (4-membered cyclic amide) rings is 1. The Labute approximate surface area is 66.7 Å².